The second-order valence-corrected chi connectivity index (χ2v) is 5.89. The van der Waals surface area contributed by atoms with E-state index in [1.54, 1.807) is 0 Å². The molecule has 0 aromatic heterocycles. The zero-order chi connectivity index (χ0) is 12.3. The molecule has 2 rings (SSSR count). The molecule has 1 atom stereocenters. The summed E-state index contributed by atoms with van der Waals surface area (Å²) < 4.78 is 1.11. The van der Waals surface area contributed by atoms with E-state index in [-0.39, 0.29) is 0 Å². The highest BCUT2D eigenvalue weighted by atomic mass is 79.9. The van der Waals surface area contributed by atoms with Crippen molar-refractivity contribution >= 4 is 27.5 Å². The van der Waals surface area contributed by atoms with E-state index in [1.807, 2.05) is 19.2 Å². The lowest BCUT2D eigenvalue weighted by Gasteiger charge is -2.32. The van der Waals surface area contributed by atoms with Gasteiger partial charge in [-0.05, 0) is 44.1 Å². The first kappa shape index (κ1) is 13.3. The molecule has 17 heavy (non-hydrogen) atoms. The van der Waals surface area contributed by atoms with E-state index in [0.29, 0.717) is 6.04 Å². The third-order valence-electron chi connectivity index (χ3n) is 3.32. The Labute approximate surface area is 116 Å². The van der Waals surface area contributed by atoms with Gasteiger partial charge < -0.3 is 5.32 Å². The van der Waals surface area contributed by atoms with Crippen LogP contribution in [0.2, 0.25) is 5.02 Å². The summed E-state index contributed by atoms with van der Waals surface area (Å²) in [6.45, 7) is 3.31. The molecule has 0 aliphatic carbocycles. The molecule has 0 bridgehead atoms. The molecular weight excluding hydrogens is 300 g/mol. The summed E-state index contributed by atoms with van der Waals surface area (Å²) in [5.74, 6) is 0. The van der Waals surface area contributed by atoms with Gasteiger partial charge in [0.2, 0.25) is 0 Å². The third-order valence-corrected chi connectivity index (χ3v) is 4.30. The molecule has 1 aromatic carbocycles. The van der Waals surface area contributed by atoms with Crippen molar-refractivity contribution in [1.82, 2.24) is 10.2 Å². The Bertz CT molecular complexity index is 384. The summed E-state index contributed by atoms with van der Waals surface area (Å²) in [4.78, 5) is 2.50. The van der Waals surface area contributed by atoms with E-state index in [9.17, 15) is 0 Å². The van der Waals surface area contributed by atoms with E-state index >= 15 is 0 Å². The molecule has 0 spiro atoms. The lowest BCUT2D eigenvalue weighted by molar-refractivity contribution is 0.187. The van der Waals surface area contributed by atoms with E-state index < -0.39 is 0 Å². The molecule has 2 nitrogen and oxygen atoms in total. The quantitative estimate of drug-likeness (QED) is 0.920. The van der Waals surface area contributed by atoms with Gasteiger partial charge >= 0.3 is 0 Å². The second-order valence-electron chi connectivity index (χ2n) is 4.60. The summed E-state index contributed by atoms with van der Waals surface area (Å²) in [6, 6.07) is 6.67. The fourth-order valence-electron chi connectivity index (χ4n) is 2.33. The highest BCUT2D eigenvalue weighted by Gasteiger charge is 2.18. The number of hydrogen-bond donors (Lipinski definition) is 1. The Balaban J connectivity index is 2.00. The van der Waals surface area contributed by atoms with Crippen molar-refractivity contribution in [1.29, 1.82) is 0 Å². The van der Waals surface area contributed by atoms with Gasteiger partial charge in [0.05, 0.1) is 0 Å². The Morgan fingerprint density at radius 2 is 2.35 bits per heavy atom. The van der Waals surface area contributed by atoms with Crippen LogP contribution in [-0.2, 0) is 6.54 Å². The average Bonchev–Trinajstić information content (AvgIpc) is 2.33. The highest BCUT2D eigenvalue weighted by molar-refractivity contribution is 9.10. The summed E-state index contributed by atoms with van der Waals surface area (Å²) >= 11 is 9.53. The Hall–Kier alpha value is -0.0900. The van der Waals surface area contributed by atoms with Crippen LogP contribution in [0.1, 0.15) is 18.4 Å². The molecule has 1 unspecified atom stereocenters. The zero-order valence-corrected chi connectivity index (χ0v) is 12.4. The van der Waals surface area contributed by atoms with Gasteiger partial charge in [0, 0.05) is 28.6 Å². The topological polar surface area (TPSA) is 15.3 Å². The van der Waals surface area contributed by atoms with Crippen LogP contribution in [0, 0.1) is 0 Å². The summed E-state index contributed by atoms with van der Waals surface area (Å²) in [6.07, 6.45) is 2.56. The molecule has 0 radical (unpaired) electrons. The fraction of sp³-hybridized carbons (Fsp3) is 0.538. The Morgan fingerprint density at radius 3 is 3.06 bits per heavy atom. The number of likely N-dealkylation sites (N-methyl/N-ethyl adjacent to an activating group) is 1. The monoisotopic (exact) mass is 316 g/mol. The van der Waals surface area contributed by atoms with Gasteiger partial charge in [-0.1, -0.05) is 33.6 Å². The van der Waals surface area contributed by atoms with Gasteiger partial charge in [0.25, 0.3) is 0 Å². The van der Waals surface area contributed by atoms with Crippen LogP contribution >= 0.6 is 27.5 Å². The van der Waals surface area contributed by atoms with Gasteiger partial charge in [-0.15, -0.1) is 0 Å². The molecule has 1 aliphatic heterocycles. The lowest BCUT2D eigenvalue weighted by atomic mass is 10.1. The fourth-order valence-corrected chi connectivity index (χ4v) is 3.13. The van der Waals surface area contributed by atoms with Crippen molar-refractivity contribution in [2.24, 2.45) is 0 Å². The molecule has 1 aliphatic rings. The van der Waals surface area contributed by atoms with E-state index in [0.717, 1.165) is 22.6 Å². The summed E-state index contributed by atoms with van der Waals surface area (Å²) in [5.41, 5.74) is 1.31. The SMILES string of the molecule is CNC1CCCN(Cc2ccc(Cl)cc2Br)C1. The molecule has 1 N–H and O–H groups in total. The molecule has 1 saturated heterocycles. The van der Waals surface area contributed by atoms with Crippen molar-refractivity contribution in [2.75, 3.05) is 20.1 Å². The van der Waals surface area contributed by atoms with Gasteiger partial charge in [-0.2, -0.15) is 0 Å². The molecular formula is C13H18BrClN2. The van der Waals surface area contributed by atoms with Crippen LogP contribution in [0.5, 0.6) is 0 Å². The van der Waals surface area contributed by atoms with Crippen molar-refractivity contribution < 1.29 is 0 Å². The number of piperidine rings is 1. The minimum atomic E-state index is 0.634. The maximum atomic E-state index is 5.95. The average molecular weight is 318 g/mol. The van der Waals surface area contributed by atoms with Gasteiger partial charge in [-0.25, -0.2) is 0 Å². The van der Waals surface area contributed by atoms with Crippen LogP contribution in [0.25, 0.3) is 0 Å². The predicted octanol–water partition coefficient (Wildman–Crippen LogP) is 3.29. The molecule has 0 amide bonds. The van der Waals surface area contributed by atoms with Crippen molar-refractivity contribution in [3.05, 3.63) is 33.3 Å². The number of rotatable bonds is 3. The number of nitrogens with one attached hydrogen (secondary N) is 1. The molecule has 1 aromatic rings. The minimum Gasteiger partial charge on any atom is -0.316 e. The number of halogens is 2. The highest BCUT2D eigenvalue weighted by Crippen LogP contribution is 2.24. The van der Waals surface area contributed by atoms with Crippen LogP contribution in [-0.4, -0.2) is 31.1 Å². The van der Waals surface area contributed by atoms with E-state index in [2.05, 4.69) is 32.2 Å². The molecule has 1 heterocycles. The maximum absolute atomic E-state index is 5.95. The van der Waals surface area contributed by atoms with Crippen molar-refractivity contribution in [3.8, 4) is 0 Å². The van der Waals surface area contributed by atoms with E-state index in [1.165, 1.54) is 24.9 Å². The van der Waals surface area contributed by atoms with Crippen molar-refractivity contribution in [3.63, 3.8) is 0 Å². The number of benzene rings is 1. The number of nitrogens with zero attached hydrogens (tertiary/aromatic N) is 1. The second kappa shape index (κ2) is 6.19. The first-order valence-electron chi connectivity index (χ1n) is 6.02. The Kier molecular flexibility index (Phi) is 4.86. The number of hydrogen-bond acceptors (Lipinski definition) is 2. The van der Waals surface area contributed by atoms with Gasteiger partial charge in [0.15, 0.2) is 0 Å². The van der Waals surface area contributed by atoms with Crippen LogP contribution < -0.4 is 5.32 Å². The molecule has 0 saturated carbocycles. The lowest BCUT2D eigenvalue weighted by Crippen LogP contribution is -2.43. The molecule has 4 heteroatoms. The zero-order valence-electron chi connectivity index (χ0n) is 10.0. The van der Waals surface area contributed by atoms with Crippen molar-refractivity contribution in [2.45, 2.75) is 25.4 Å². The van der Waals surface area contributed by atoms with Crippen LogP contribution in [0.4, 0.5) is 0 Å². The van der Waals surface area contributed by atoms with Crippen LogP contribution in [0.3, 0.4) is 0 Å². The molecule has 94 valence electrons. The Morgan fingerprint density at radius 1 is 1.53 bits per heavy atom. The first-order valence-corrected chi connectivity index (χ1v) is 7.19. The number of likely N-dealkylation sites (tertiary alicyclic amines) is 1. The van der Waals surface area contributed by atoms with Gasteiger partial charge in [0.1, 0.15) is 0 Å². The minimum absolute atomic E-state index is 0.634. The normalized spacial score (nSPS) is 21.7. The smallest absolute Gasteiger partial charge is 0.0417 e. The van der Waals surface area contributed by atoms with Gasteiger partial charge in [-0.3, -0.25) is 4.90 Å². The maximum Gasteiger partial charge on any atom is 0.0417 e. The summed E-state index contributed by atoms with van der Waals surface area (Å²) in [7, 11) is 2.05. The molecule has 1 fully saturated rings. The predicted molar refractivity (Wildman–Crippen MR) is 76.5 cm³/mol. The third kappa shape index (κ3) is 3.68. The van der Waals surface area contributed by atoms with E-state index in [4.69, 9.17) is 11.6 Å². The summed E-state index contributed by atoms with van der Waals surface area (Å²) in [5, 5.41) is 4.15. The van der Waals surface area contributed by atoms with Crippen LogP contribution in [0.15, 0.2) is 22.7 Å². The largest absolute Gasteiger partial charge is 0.316 e. The first-order chi connectivity index (χ1) is 8.19. The standard InChI is InChI=1S/C13H18BrClN2/c1-16-12-3-2-6-17(9-12)8-10-4-5-11(15)7-13(10)14/h4-5,7,12,16H,2-3,6,8-9H2,1H3.